The zero-order valence-corrected chi connectivity index (χ0v) is 13.1. The van der Waals surface area contributed by atoms with Gasteiger partial charge in [0.25, 0.3) is 0 Å². The van der Waals surface area contributed by atoms with E-state index in [-0.39, 0.29) is 17.3 Å². The highest BCUT2D eigenvalue weighted by atomic mass is 19.1. The summed E-state index contributed by atoms with van der Waals surface area (Å²) < 4.78 is 13.0. The SMILES string of the molecule is CN1CCN(Cc2ccc(F)cc2)C[C@]12CCNC(=O)CC2. The molecule has 0 bridgehead atoms. The molecule has 0 aliphatic carbocycles. The van der Waals surface area contributed by atoms with Crippen LogP contribution in [0.2, 0.25) is 0 Å². The van der Waals surface area contributed by atoms with Crippen molar-refractivity contribution in [2.45, 2.75) is 31.3 Å². The number of rotatable bonds is 2. The van der Waals surface area contributed by atoms with E-state index >= 15 is 0 Å². The molecule has 0 unspecified atom stereocenters. The third kappa shape index (κ3) is 3.31. The summed E-state index contributed by atoms with van der Waals surface area (Å²) in [6, 6.07) is 6.77. The Balaban J connectivity index is 1.70. The highest BCUT2D eigenvalue weighted by molar-refractivity contribution is 5.76. The molecule has 2 fully saturated rings. The van der Waals surface area contributed by atoms with Crippen LogP contribution in [-0.4, -0.2) is 54.5 Å². The van der Waals surface area contributed by atoms with Gasteiger partial charge >= 0.3 is 0 Å². The van der Waals surface area contributed by atoms with Crippen LogP contribution in [0, 0.1) is 5.82 Å². The molecule has 1 aromatic rings. The zero-order valence-electron chi connectivity index (χ0n) is 13.1. The molecule has 1 N–H and O–H groups in total. The Kier molecular flexibility index (Phi) is 4.45. The van der Waals surface area contributed by atoms with E-state index in [0.717, 1.165) is 51.1 Å². The Morgan fingerprint density at radius 1 is 1.23 bits per heavy atom. The van der Waals surface area contributed by atoms with E-state index in [4.69, 9.17) is 0 Å². The molecule has 0 saturated carbocycles. The molecule has 2 saturated heterocycles. The summed E-state index contributed by atoms with van der Waals surface area (Å²) in [7, 11) is 2.17. The molecule has 1 aromatic carbocycles. The fraction of sp³-hybridized carbons (Fsp3) is 0.588. The second kappa shape index (κ2) is 6.34. The normalized spacial score (nSPS) is 27.6. The number of piperazine rings is 1. The van der Waals surface area contributed by atoms with Gasteiger partial charge in [0, 0.05) is 44.7 Å². The third-order valence-corrected chi connectivity index (χ3v) is 5.13. The first-order valence-electron chi connectivity index (χ1n) is 8.02. The number of likely N-dealkylation sites (N-methyl/N-ethyl adjacent to an activating group) is 1. The molecule has 2 heterocycles. The van der Waals surface area contributed by atoms with Crippen LogP contribution in [0.5, 0.6) is 0 Å². The predicted octanol–water partition coefficient (Wildman–Crippen LogP) is 1.61. The van der Waals surface area contributed by atoms with Gasteiger partial charge in [0.2, 0.25) is 5.91 Å². The lowest BCUT2D eigenvalue weighted by Gasteiger charge is -2.49. The number of amides is 1. The van der Waals surface area contributed by atoms with Gasteiger partial charge in [-0.25, -0.2) is 4.39 Å². The fourth-order valence-electron chi connectivity index (χ4n) is 3.66. The van der Waals surface area contributed by atoms with Gasteiger partial charge in [0.05, 0.1) is 0 Å². The summed E-state index contributed by atoms with van der Waals surface area (Å²) in [5.74, 6) is -0.0205. The summed E-state index contributed by atoms with van der Waals surface area (Å²) in [6.45, 7) is 4.59. The van der Waals surface area contributed by atoms with Crippen LogP contribution in [0.15, 0.2) is 24.3 Å². The third-order valence-electron chi connectivity index (χ3n) is 5.13. The monoisotopic (exact) mass is 305 g/mol. The second-order valence-electron chi connectivity index (χ2n) is 6.58. The van der Waals surface area contributed by atoms with Gasteiger partial charge in [-0.2, -0.15) is 0 Å². The molecule has 1 amide bonds. The second-order valence-corrected chi connectivity index (χ2v) is 6.58. The van der Waals surface area contributed by atoms with E-state index in [1.807, 2.05) is 12.1 Å². The lowest BCUT2D eigenvalue weighted by Crippen LogP contribution is -2.60. The van der Waals surface area contributed by atoms with E-state index in [0.29, 0.717) is 6.42 Å². The molecular weight excluding hydrogens is 281 g/mol. The fourth-order valence-corrected chi connectivity index (χ4v) is 3.66. The molecule has 1 spiro atoms. The van der Waals surface area contributed by atoms with Gasteiger partial charge in [-0.15, -0.1) is 0 Å². The van der Waals surface area contributed by atoms with Crippen LogP contribution < -0.4 is 5.32 Å². The van der Waals surface area contributed by atoms with Crippen molar-refractivity contribution in [2.24, 2.45) is 0 Å². The quantitative estimate of drug-likeness (QED) is 0.902. The van der Waals surface area contributed by atoms with Crippen molar-refractivity contribution in [3.63, 3.8) is 0 Å². The number of nitrogens with zero attached hydrogens (tertiary/aromatic N) is 2. The number of hydrogen-bond acceptors (Lipinski definition) is 3. The van der Waals surface area contributed by atoms with E-state index in [9.17, 15) is 9.18 Å². The Morgan fingerprint density at radius 2 is 2.00 bits per heavy atom. The predicted molar refractivity (Wildman–Crippen MR) is 83.9 cm³/mol. The average molecular weight is 305 g/mol. The number of halogens is 1. The lowest BCUT2D eigenvalue weighted by molar-refractivity contribution is -0.121. The van der Waals surface area contributed by atoms with E-state index in [2.05, 4.69) is 22.2 Å². The minimum absolute atomic E-state index is 0.0808. The van der Waals surface area contributed by atoms with Gasteiger partial charge in [0.15, 0.2) is 0 Å². The van der Waals surface area contributed by atoms with Crippen LogP contribution in [-0.2, 0) is 11.3 Å². The van der Waals surface area contributed by atoms with Gasteiger partial charge in [-0.05, 0) is 37.6 Å². The number of hydrogen-bond donors (Lipinski definition) is 1. The van der Waals surface area contributed by atoms with Crippen molar-refractivity contribution in [1.29, 1.82) is 0 Å². The van der Waals surface area contributed by atoms with E-state index in [1.165, 1.54) is 12.1 Å². The first kappa shape index (κ1) is 15.4. The Bertz CT molecular complexity index is 533. The van der Waals surface area contributed by atoms with Gasteiger partial charge in [0.1, 0.15) is 5.82 Å². The molecule has 1 atom stereocenters. The first-order valence-corrected chi connectivity index (χ1v) is 8.02. The maximum atomic E-state index is 13.0. The number of carbonyl (C=O) groups is 1. The minimum atomic E-state index is -0.188. The Morgan fingerprint density at radius 3 is 2.77 bits per heavy atom. The first-order chi connectivity index (χ1) is 10.6. The Labute approximate surface area is 131 Å². The number of benzene rings is 1. The number of nitrogens with one attached hydrogen (secondary N) is 1. The summed E-state index contributed by atoms with van der Waals surface area (Å²) >= 11 is 0. The Hall–Kier alpha value is -1.46. The molecule has 4 nitrogen and oxygen atoms in total. The summed E-state index contributed by atoms with van der Waals surface area (Å²) in [4.78, 5) is 16.5. The standard InChI is InChI=1S/C17H24FN3O/c1-20-10-11-21(12-14-2-4-15(18)5-3-14)13-17(20)7-6-16(22)19-9-8-17/h2-5H,6-13H2,1H3,(H,19,22)/t17-/m0/s1. The molecule has 5 heteroatoms. The summed E-state index contributed by atoms with van der Waals surface area (Å²) in [6.07, 6.45) is 2.51. The smallest absolute Gasteiger partial charge is 0.220 e. The lowest BCUT2D eigenvalue weighted by atomic mass is 9.86. The maximum absolute atomic E-state index is 13.0. The van der Waals surface area contributed by atoms with Gasteiger partial charge in [-0.1, -0.05) is 12.1 Å². The van der Waals surface area contributed by atoms with Crippen LogP contribution in [0.1, 0.15) is 24.8 Å². The molecule has 2 aliphatic heterocycles. The molecule has 0 radical (unpaired) electrons. The minimum Gasteiger partial charge on any atom is -0.356 e. The summed E-state index contributed by atoms with van der Waals surface area (Å²) in [5.41, 5.74) is 1.22. The highest BCUT2D eigenvalue weighted by Gasteiger charge is 2.40. The molecule has 2 aliphatic rings. The van der Waals surface area contributed by atoms with Crippen molar-refractivity contribution in [2.75, 3.05) is 33.2 Å². The molecule has 22 heavy (non-hydrogen) atoms. The van der Waals surface area contributed by atoms with Crippen molar-refractivity contribution in [3.05, 3.63) is 35.6 Å². The van der Waals surface area contributed by atoms with Gasteiger partial charge < -0.3 is 5.32 Å². The van der Waals surface area contributed by atoms with E-state index < -0.39 is 0 Å². The summed E-state index contributed by atoms with van der Waals surface area (Å²) in [5, 5.41) is 2.98. The largest absolute Gasteiger partial charge is 0.356 e. The maximum Gasteiger partial charge on any atom is 0.220 e. The molecular formula is C17H24FN3O. The molecule has 3 rings (SSSR count). The number of carbonyl (C=O) groups excluding carboxylic acids is 1. The van der Waals surface area contributed by atoms with Crippen LogP contribution in [0.25, 0.3) is 0 Å². The van der Waals surface area contributed by atoms with Crippen LogP contribution in [0.4, 0.5) is 4.39 Å². The van der Waals surface area contributed by atoms with Crippen LogP contribution in [0.3, 0.4) is 0 Å². The van der Waals surface area contributed by atoms with Crippen molar-refractivity contribution < 1.29 is 9.18 Å². The zero-order chi connectivity index (χ0) is 15.6. The van der Waals surface area contributed by atoms with Crippen molar-refractivity contribution >= 4 is 5.91 Å². The van der Waals surface area contributed by atoms with Crippen LogP contribution >= 0.6 is 0 Å². The average Bonchev–Trinajstić information content (AvgIpc) is 2.69. The molecule has 120 valence electrons. The highest BCUT2D eigenvalue weighted by Crippen LogP contribution is 2.30. The molecule has 0 aromatic heterocycles. The van der Waals surface area contributed by atoms with E-state index in [1.54, 1.807) is 0 Å². The van der Waals surface area contributed by atoms with Crippen molar-refractivity contribution in [1.82, 2.24) is 15.1 Å². The van der Waals surface area contributed by atoms with Gasteiger partial charge in [-0.3, -0.25) is 14.6 Å². The van der Waals surface area contributed by atoms with Crippen molar-refractivity contribution in [3.8, 4) is 0 Å². The topological polar surface area (TPSA) is 35.6 Å².